The molecule has 7 heteroatoms. The summed E-state index contributed by atoms with van der Waals surface area (Å²) < 4.78 is 5.82. The smallest absolute Gasteiger partial charge is 0.331 e. The highest BCUT2D eigenvalue weighted by molar-refractivity contribution is 9.10. The molecule has 0 spiro atoms. The van der Waals surface area contributed by atoms with E-state index in [2.05, 4.69) is 21.2 Å². The third kappa shape index (κ3) is 7.41. The van der Waals surface area contributed by atoms with Crippen molar-refractivity contribution in [2.24, 2.45) is 0 Å². The second-order valence-corrected chi connectivity index (χ2v) is 5.77. The Morgan fingerprint density at radius 2 is 2.04 bits per heavy atom. The van der Waals surface area contributed by atoms with Crippen molar-refractivity contribution in [2.75, 3.05) is 26.2 Å². The maximum absolute atomic E-state index is 12.0. The average Bonchev–Trinajstić information content (AvgIpc) is 2.56. The topological polar surface area (TPSA) is 75.7 Å². The van der Waals surface area contributed by atoms with Crippen molar-refractivity contribution in [3.8, 4) is 0 Å². The van der Waals surface area contributed by atoms with Crippen LogP contribution in [0.2, 0.25) is 0 Å². The van der Waals surface area contributed by atoms with E-state index in [1.807, 2.05) is 24.3 Å². The molecule has 130 valence electrons. The van der Waals surface area contributed by atoms with Crippen LogP contribution in [0.1, 0.15) is 19.4 Å². The Morgan fingerprint density at radius 1 is 1.29 bits per heavy atom. The first-order valence-electron chi connectivity index (χ1n) is 7.61. The molecule has 0 radical (unpaired) electrons. The predicted molar refractivity (Wildman–Crippen MR) is 95.1 cm³/mol. The van der Waals surface area contributed by atoms with Gasteiger partial charge in [-0.1, -0.05) is 28.1 Å². The lowest BCUT2D eigenvalue weighted by molar-refractivity contribution is -0.148. The third-order valence-corrected chi connectivity index (χ3v) is 3.53. The standard InChI is InChI=1S/C17H21BrN2O4/c1-3-19-15(21)11-20(4-2)16(22)12-24-17(23)9-8-13-6-5-7-14(18)10-13/h5-10H,3-4,11-12H2,1-2H3,(H,19,21)/b9-8+. The van der Waals surface area contributed by atoms with Crippen molar-refractivity contribution < 1.29 is 19.1 Å². The van der Waals surface area contributed by atoms with Crippen LogP contribution in [0.25, 0.3) is 6.08 Å². The van der Waals surface area contributed by atoms with Crippen LogP contribution in [0.15, 0.2) is 34.8 Å². The van der Waals surface area contributed by atoms with Gasteiger partial charge < -0.3 is 15.0 Å². The molecular weight excluding hydrogens is 376 g/mol. The van der Waals surface area contributed by atoms with Crippen LogP contribution in [-0.4, -0.2) is 48.9 Å². The first-order valence-corrected chi connectivity index (χ1v) is 8.40. The highest BCUT2D eigenvalue weighted by Crippen LogP contribution is 2.12. The number of carbonyl (C=O) groups excluding carboxylic acids is 3. The molecule has 1 rings (SSSR count). The summed E-state index contributed by atoms with van der Waals surface area (Å²) in [5.74, 6) is -1.26. The first kappa shape index (κ1) is 19.9. The molecule has 2 amide bonds. The number of esters is 1. The van der Waals surface area contributed by atoms with Crippen LogP contribution in [0.4, 0.5) is 0 Å². The van der Waals surface area contributed by atoms with Crippen molar-refractivity contribution in [3.05, 3.63) is 40.4 Å². The number of amides is 2. The van der Waals surface area contributed by atoms with Crippen molar-refractivity contribution in [1.82, 2.24) is 10.2 Å². The number of rotatable bonds is 8. The molecule has 0 aliphatic heterocycles. The minimum absolute atomic E-state index is 0.0470. The highest BCUT2D eigenvalue weighted by Gasteiger charge is 2.16. The molecular formula is C17H21BrN2O4. The largest absolute Gasteiger partial charge is 0.452 e. The number of nitrogens with one attached hydrogen (secondary N) is 1. The van der Waals surface area contributed by atoms with Gasteiger partial charge in [-0.15, -0.1) is 0 Å². The Bertz CT molecular complexity index is 616. The lowest BCUT2D eigenvalue weighted by atomic mass is 10.2. The molecule has 6 nitrogen and oxygen atoms in total. The van der Waals surface area contributed by atoms with Crippen LogP contribution < -0.4 is 5.32 Å². The van der Waals surface area contributed by atoms with E-state index < -0.39 is 18.5 Å². The summed E-state index contributed by atoms with van der Waals surface area (Å²) in [5, 5.41) is 2.62. The fourth-order valence-corrected chi connectivity index (χ4v) is 2.27. The number of nitrogens with zero attached hydrogens (tertiary/aromatic N) is 1. The molecule has 0 heterocycles. The van der Waals surface area contributed by atoms with Crippen molar-refractivity contribution in [2.45, 2.75) is 13.8 Å². The minimum atomic E-state index is -0.614. The molecule has 0 saturated heterocycles. The number of ether oxygens (including phenoxy) is 1. The summed E-state index contributed by atoms with van der Waals surface area (Å²) in [4.78, 5) is 36.5. The summed E-state index contributed by atoms with van der Waals surface area (Å²) >= 11 is 3.34. The van der Waals surface area contributed by atoms with Crippen LogP contribution in [0, 0.1) is 0 Å². The van der Waals surface area contributed by atoms with Gasteiger partial charge >= 0.3 is 5.97 Å². The zero-order valence-corrected chi connectivity index (χ0v) is 15.3. The number of carbonyl (C=O) groups is 3. The molecule has 1 N–H and O–H groups in total. The molecule has 0 atom stereocenters. The maximum atomic E-state index is 12.0. The molecule has 0 fully saturated rings. The summed E-state index contributed by atoms with van der Waals surface area (Å²) in [6.45, 7) is 3.98. The van der Waals surface area contributed by atoms with E-state index >= 15 is 0 Å². The number of hydrogen-bond donors (Lipinski definition) is 1. The van der Waals surface area contributed by atoms with Gasteiger partial charge in [0.15, 0.2) is 6.61 Å². The Hall–Kier alpha value is -2.15. The van der Waals surface area contributed by atoms with Gasteiger partial charge in [0, 0.05) is 23.6 Å². The molecule has 0 aliphatic rings. The van der Waals surface area contributed by atoms with Gasteiger partial charge in [0.25, 0.3) is 5.91 Å². The number of benzene rings is 1. The van der Waals surface area contributed by atoms with E-state index in [0.29, 0.717) is 13.1 Å². The van der Waals surface area contributed by atoms with Crippen LogP contribution in [0.3, 0.4) is 0 Å². The van der Waals surface area contributed by atoms with Gasteiger partial charge in [-0.05, 0) is 37.6 Å². The molecule has 24 heavy (non-hydrogen) atoms. The van der Waals surface area contributed by atoms with E-state index in [4.69, 9.17) is 4.74 Å². The van der Waals surface area contributed by atoms with Crippen molar-refractivity contribution in [3.63, 3.8) is 0 Å². The second kappa shape index (κ2) is 10.6. The van der Waals surface area contributed by atoms with E-state index in [0.717, 1.165) is 10.0 Å². The van der Waals surface area contributed by atoms with Crippen molar-refractivity contribution >= 4 is 39.8 Å². The van der Waals surface area contributed by atoms with Gasteiger partial charge in [-0.2, -0.15) is 0 Å². The zero-order chi connectivity index (χ0) is 17.9. The number of hydrogen-bond acceptors (Lipinski definition) is 4. The number of likely N-dealkylation sites (N-methyl/N-ethyl adjacent to an activating group) is 2. The Morgan fingerprint density at radius 3 is 2.67 bits per heavy atom. The molecule has 0 bridgehead atoms. The lowest BCUT2D eigenvalue weighted by Gasteiger charge is -2.19. The average molecular weight is 397 g/mol. The molecule has 1 aromatic carbocycles. The lowest BCUT2D eigenvalue weighted by Crippen LogP contribution is -2.42. The fourth-order valence-electron chi connectivity index (χ4n) is 1.85. The van der Waals surface area contributed by atoms with Gasteiger partial charge in [0.05, 0.1) is 6.54 Å². The van der Waals surface area contributed by atoms with Gasteiger partial charge in [0.1, 0.15) is 0 Å². The van der Waals surface area contributed by atoms with Crippen LogP contribution >= 0.6 is 15.9 Å². The normalized spacial score (nSPS) is 10.5. The van der Waals surface area contributed by atoms with E-state index in [1.54, 1.807) is 19.9 Å². The zero-order valence-electron chi connectivity index (χ0n) is 13.8. The van der Waals surface area contributed by atoms with Gasteiger partial charge in [-0.3, -0.25) is 9.59 Å². The quantitative estimate of drug-likeness (QED) is 0.538. The predicted octanol–water partition coefficient (Wildman–Crippen LogP) is 1.99. The molecule has 1 aromatic rings. The fraction of sp³-hybridized carbons (Fsp3) is 0.353. The Kier molecular flexibility index (Phi) is 8.78. The number of halogens is 1. The van der Waals surface area contributed by atoms with E-state index in [9.17, 15) is 14.4 Å². The molecule has 0 saturated carbocycles. The molecule has 0 aromatic heterocycles. The summed E-state index contributed by atoms with van der Waals surface area (Å²) in [5.41, 5.74) is 0.832. The first-order chi connectivity index (χ1) is 11.5. The molecule has 0 aliphatic carbocycles. The van der Waals surface area contributed by atoms with Crippen LogP contribution in [-0.2, 0) is 19.1 Å². The highest BCUT2D eigenvalue weighted by atomic mass is 79.9. The Balaban J connectivity index is 2.47. The summed E-state index contributed by atoms with van der Waals surface area (Å²) in [7, 11) is 0. The van der Waals surface area contributed by atoms with Gasteiger partial charge in [0.2, 0.25) is 5.91 Å². The third-order valence-electron chi connectivity index (χ3n) is 3.04. The monoisotopic (exact) mass is 396 g/mol. The molecule has 0 unspecified atom stereocenters. The van der Waals surface area contributed by atoms with Gasteiger partial charge in [-0.25, -0.2) is 4.79 Å². The maximum Gasteiger partial charge on any atom is 0.331 e. The SMILES string of the molecule is CCNC(=O)CN(CC)C(=O)COC(=O)/C=C/c1cccc(Br)c1. The van der Waals surface area contributed by atoms with E-state index in [-0.39, 0.29) is 12.5 Å². The summed E-state index contributed by atoms with van der Waals surface area (Å²) in [6, 6.07) is 7.41. The van der Waals surface area contributed by atoms with Crippen molar-refractivity contribution in [1.29, 1.82) is 0 Å². The van der Waals surface area contributed by atoms with Crippen LogP contribution in [0.5, 0.6) is 0 Å². The van der Waals surface area contributed by atoms with E-state index in [1.165, 1.54) is 11.0 Å². The summed E-state index contributed by atoms with van der Waals surface area (Å²) in [6.07, 6.45) is 2.86. The second-order valence-electron chi connectivity index (χ2n) is 4.86. The minimum Gasteiger partial charge on any atom is -0.452 e. The Labute approximate surface area is 150 Å².